The molecule has 0 atom stereocenters. The molecule has 0 N–H and O–H groups in total. The lowest BCUT2D eigenvalue weighted by molar-refractivity contribution is -0.137. The van der Waals surface area contributed by atoms with E-state index >= 15 is 0 Å². The molecule has 0 unspecified atom stereocenters. The van der Waals surface area contributed by atoms with E-state index in [1.165, 1.54) is 10.4 Å². The first-order chi connectivity index (χ1) is 14.6. The molecule has 1 fully saturated rings. The molecular formula is C21H23F3N4O2S. The summed E-state index contributed by atoms with van der Waals surface area (Å²) in [5.74, 6) is 1.06. The van der Waals surface area contributed by atoms with Crippen LogP contribution >= 0.6 is 0 Å². The molecule has 0 spiro atoms. The zero-order chi connectivity index (χ0) is 22.4. The molecule has 3 heterocycles. The lowest BCUT2D eigenvalue weighted by Gasteiger charge is -2.33. The summed E-state index contributed by atoms with van der Waals surface area (Å²) in [6.45, 7) is 4.52. The van der Waals surface area contributed by atoms with E-state index in [1.54, 1.807) is 6.20 Å². The number of sulfonamides is 1. The molecule has 1 aliphatic rings. The van der Waals surface area contributed by atoms with Crippen molar-refractivity contribution >= 4 is 21.2 Å². The highest BCUT2D eigenvalue weighted by atomic mass is 32.2. The first-order valence-electron chi connectivity index (χ1n) is 10.1. The molecule has 0 saturated carbocycles. The van der Waals surface area contributed by atoms with Crippen molar-refractivity contribution < 1.29 is 21.6 Å². The molecule has 0 amide bonds. The molecular weight excluding hydrogens is 429 g/mol. The molecule has 1 aliphatic heterocycles. The number of hydrogen-bond acceptors (Lipinski definition) is 4. The Bertz CT molecular complexity index is 1200. The zero-order valence-electron chi connectivity index (χ0n) is 17.2. The van der Waals surface area contributed by atoms with Gasteiger partial charge in [-0.1, -0.05) is 19.9 Å². The van der Waals surface area contributed by atoms with E-state index in [2.05, 4.69) is 9.55 Å². The van der Waals surface area contributed by atoms with Crippen molar-refractivity contribution in [3.8, 4) is 0 Å². The Morgan fingerprint density at radius 1 is 1.10 bits per heavy atom. The van der Waals surface area contributed by atoms with E-state index in [1.807, 2.05) is 26.0 Å². The van der Waals surface area contributed by atoms with Crippen LogP contribution in [0, 0.1) is 0 Å². The van der Waals surface area contributed by atoms with E-state index in [9.17, 15) is 21.6 Å². The summed E-state index contributed by atoms with van der Waals surface area (Å²) in [5.41, 5.74) is 0.594. The fourth-order valence-electron chi connectivity index (χ4n) is 4.04. The predicted molar refractivity (Wildman–Crippen MR) is 110 cm³/mol. The largest absolute Gasteiger partial charge is 0.416 e. The molecule has 166 valence electrons. The van der Waals surface area contributed by atoms with Crippen molar-refractivity contribution in [1.29, 1.82) is 0 Å². The minimum absolute atomic E-state index is 0.0188. The fraction of sp³-hybridized carbons (Fsp3) is 0.429. The van der Waals surface area contributed by atoms with Gasteiger partial charge in [-0.2, -0.15) is 17.5 Å². The Morgan fingerprint density at radius 2 is 1.81 bits per heavy atom. The van der Waals surface area contributed by atoms with Gasteiger partial charge in [0, 0.05) is 31.2 Å². The summed E-state index contributed by atoms with van der Waals surface area (Å²) in [6.07, 6.45) is -1.83. The van der Waals surface area contributed by atoms with Gasteiger partial charge in [-0.25, -0.2) is 18.4 Å². The number of halogens is 3. The third-order valence-electron chi connectivity index (χ3n) is 5.58. The second kappa shape index (κ2) is 7.90. The summed E-state index contributed by atoms with van der Waals surface area (Å²) in [5, 5.41) is 0. The molecule has 10 heteroatoms. The molecule has 6 nitrogen and oxygen atoms in total. The van der Waals surface area contributed by atoms with E-state index in [-0.39, 0.29) is 29.9 Å². The van der Waals surface area contributed by atoms with Crippen LogP contribution in [0.1, 0.15) is 50.0 Å². The smallest absolute Gasteiger partial charge is 0.309 e. The van der Waals surface area contributed by atoms with E-state index < -0.39 is 21.8 Å². The third kappa shape index (κ3) is 4.06. The van der Waals surface area contributed by atoms with Crippen LogP contribution in [-0.4, -0.2) is 40.3 Å². The maximum absolute atomic E-state index is 13.0. The van der Waals surface area contributed by atoms with Crippen molar-refractivity contribution in [1.82, 2.24) is 18.8 Å². The van der Waals surface area contributed by atoms with Gasteiger partial charge in [0.1, 0.15) is 11.3 Å². The van der Waals surface area contributed by atoms with E-state index in [0.717, 1.165) is 29.1 Å². The number of benzene rings is 1. The second-order valence-corrected chi connectivity index (χ2v) is 9.94. The number of alkyl halides is 3. The first kappa shape index (κ1) is 21.8. The summed E-state index contributed by atoms with van der Waals surface area (Å²) < 4.78 is 68.3. The lowest BCUT2D eigenvalue weighted by atomic mass is 10.1. The highest BCUT2D eigenvalue weighted by Gasteiger charge is 2.35. The summed E-state index contributed by atoms with van der Waals surface area (Å²) in [4.78, 5) is 8.83. The second-order valence-electron chi connectivity index (χ2n) is 8.00. The van der Waals surface area contributed by atoms with Gasteiger partial charge in [-0.15, -0.1) is 0 Å². The van der Waals surface area contributed by atoms with Crippen LogP contribution in [0.5, 0.6) is 0 Å². The van der Waals surface area contributed by atoms with Crippen LogP contribution in [0.2, 0.25) is 0 Å². The zero-order valence-corrected chi connectivity index (χ0v) is 18.0. The normalized spacial score (nSPS) is 17.0. The maximum atomic E-state index is 13.0. The van der Waals surface area contributed by atoms with Crippen LogP contribution < -0.4 is 0 Å². The first-order valence-corrected chi connectivity index (χ1v) is 11.5. The molecule has 1 saturated heterocycles. The van der Waals surface area contributed by atoms with E-state index in [4.69, 9.17) is 4.98 Å². The quantitative estimate of drug-likeness (QED) is 0.580. The van der Waals surface area contributed by atoms with Gasteiger partial charge in [0.15, 0.2) is 5.65 Å². The van der Waals surface area contributed by atoms with Crippen molar-refractivity contribution in [2.45, 2.75) is 49.7 Å². The van der Waals surface area contributed by atoms with Crippen molar-refractivity contribution in [2.75, 3.05) is 13.1 Å². The predicted octanol–water partition coefficient (Wildman–Crippen LogP) is 4.60. The number of fused-ring (bicyclic) bond motifs is 1. The number of hydrogen-bond donors (Lipinski definition) is 0. The number of pyridine rings is 1. The van der Waals surface area contributed by atoms with Gasteiger partial charge < -0.3 is 4.57 Å². The minimum atomic E-state index is -4.60. The average molecular weight is 453 g/mol. The Labute approximate surface area is 178 Å². The van der Waals surface area contributed by atoms with Crippen LogP contribution in [-0.2, 0) is 16.2 Å². The molecule has 1 aromatic carbocycles. The number of imidazole rings is 1. The van der Waals surface area contributed by atoms with Gasteiger partial charge >= 0.3 is 6.18 Å². The molecule has 2 aromatic heterocycles. The fourth-order valence-corrected chi connectivity index (χ4v) is 5.55. The van der Waals surface area contributed by atoms with Crippen molar-refractivity contribution in [2.24, 2.45) is 0 Å². The van der Waals surface area contributed by atoms with Gasteiger partial charge in [0.2, 0.25) is 10.0 Å². The van der Waals surface area contributed by atoms with Crippen molar-refractivity contribution in [3.63, 3.8) is 0 Å². The SMILES string of the molecule is CC(C)c1nc2cccnc2n1C1CCN(S(=O)(=O)c2cccc(C(F)(F)F)c2)CC1. The highest BCUT2D eigenvalue weighted by Crippen LogP contribution is 2.34. The van der Waals surface area contributed by atoms with Crippen LogP contribution in [0.3, 0.4) is 0 Å². The van der Waals surface area contributed by atoms with Crippen LogP contribution in [0.4, 0.5) is 13.2 Å². The molecule has 0 radical (unpaired) electrons. The number of piperidine rings is 1. The van der Waals surface area contributed by atoms with Crippen molar-refractivity contribution in [3.05, 3.63) is 54.0 Å². The Morgan fingerprint density at radius 3 is 2.45 bits per heavy atom. The minimum Gasteiger partial charge on any atom is -0.309 e. The van der Waals surface area contributed by atoms with Gasteiger partial charge in [-0.3, -0.25) is 0 Å². The standard InChI is InChI=1S/C21H23F3N4O2S/c1-14(2)19-26-18-7-4-10-25-20(18)28(19)16-8-11-27(12-9-16)31(29,30)17-6-3-5-15(13-17)21(22,23)24/h3-7,10,13-14,16H,8-9,11-12H2,1-2H3. The molecule has 31 heavy (non-hydrogen) atoms. The van der Waals surface area contributed by atoms with Crippen LogP contribution in [0.25, 0.3) is 11.2 Å². The maximum Gasteiger partial charge on any atom is 0.416 e. The summed E-state index contributed by atoms with van der Waals surface area (Å²) >= 11 is 0. The van der Waals surface area contributed by atoms with Gasteiger partial charge in [-0.05, 0) is 43.2 Å². The highest BCUT2D eigenvalue weighted by molar-refractivity contribution is 7.89. The van der Waals surface area contributed by atoms with Crippen LogP contribution in [0.15, 0.2) is 47.5 Å². The number of rotatable bonds is 4. The van der Waals surface area contributed by atoms with Gasteiger partial charge in [0.25, 0.3) is 0 Å². The monoisotopic (exact) mass is 452 g/mol. The Kier molecular flexibility index (Phi) is 5.55. The summed E-state index contributed by atoms with van der Waals surface area (Å²) in [6, 6.07) is 7.65. The number of nitrogens with zero attached hydrogens (tertiary/aromatic N) is 4. The van der Waals surface area contributed by atoms with E-state index in [0.29, 0.717) is 18.9 Å². The topological polar surface area (TPSA) is 68.1 Å². The lowest BCUT2D eigenvalue weighted by Crippen LogP contribution is -2.39. The Hall–Kier alpha value is -2.46. The molecule has 4 rings (SSSR count). The third-order valence-corrected chi connectivity index (χ3v) is 7.47. The summed E-state index contributed by atoms with van der Waals surface area (Å²) in [7, 11) is -4.01. The van der Waals surface area contributed by atoms with Gasteiger partial charge in [0.05, 0.1) is 10.5 Å². The molecule has 3 aromatic rings. The molecule has 0 aliphatic carbocycles. The average Bonchev–Trinajstić information content (AvgIpc) is 3.13. The Balaban J connectivity index is 1.58. The number of aromatic nitrogens is 3. The molecule has 0 bridgehead atoms.